The van der Waals surface area contributed by atoms with Crippen molar-refractivity contribution in [2.75, 3.05) is 9.80 Å². The molecule has 0 saturated carbocycles. The third-order valence-electron chi connectivity index (χ3n) is 16.4. The Hall–Kier alpha value is -9.78. The van der Waals surface area contributed by atoms with E-state index in [-0.39, 0.29) is 0 Å². The van der Waals surface area contributed by atoms with Gasteiger partial charge in [-0.1, -0.05) is 164 Å². The molecule has 0 aliphatic carbocycles. The molecule has 0 spiro atoms. The summed E-state index contributed by atoms with van der Waals surface area (Å²) in [5.74, 6) is 0. The Kier molecular flexibility index (Phi) is 9.75. The van der Waals surface area contributed by atoms with Gasteiger partial charge >= 0.3 is 0 Å². The van der Waals surface area contributed by atoms with E-state index in [9.17, 15) is 0 Å². The van der Waals surface area contributed by atoms with Crippen LogP contribution in [0.4, 0.5) is 34.1 Å². The van der Waals surface area contributed by atoms with E-state index < -0.39 is 0 Å². The van der Waals surface area contributed by atoms with Crippen LogP contribution < -0.4 is 9.80 Å². The quantitative estimate of drug-likeness (QED) is 0.150. The zero-order chi connectivity index (χ0) is 51.7. The number of fused-ring (bicyclic) bond motifs is 14. The number of hydrogen-bond acceptors (Lipinski definition) is 4. The first-order valence-corrected chi connectivity index (χ1v) is 28.6. The molecule has 368 valence electrons. The zero-order valence-electron chi connectivity index (χ0n) is 42.6. The highest BCUT2D eigenvalue weighted by atomic mass is 32.1. The molecule has 0 unspecified atom stereocenters. The molecule has 0 aliphatic heterocycles. The van der Waals surface area contributed by atoms with E-state index in [1.807, 2.05) is 22.7 Å². The molecule has 4 heterocycles. The molecule has 17 rings (SSSR count). The van der Waals surface area contributed by atoms with Crippen molar-refractivity contribution < 1.29 is 0 Å². The van der Waals surface area contributed by atoms with Gasteiger partial charge in [0.15, 0.2) is 0 Å². The normalized spacial score (nSPS) is 12.1. The van der Waals surface area contributed by atoms with Gasteiger partial charge in [-0.3, -0.25) is 0 Å². The Balaban J connectivity index is 0.779. The molecule has 0 atom stereocenters. The van der Waals surface area contributed by atoms with Crippen LogP contribution in [0.2, 0.25) is 0 Å². The van der Waals surface area contributed by atoms with Crippen molar-refractivity contribution in [1.29, 1.82) is 0 Å². The van der Waals surface area contributed by atoms with Crippen LogP contribution in [0, 0.1) is 0 Å². The maximum atomic E-state index is 2.54. The Bertz CT molecular complexity index is 4960. The second kappa shape index (κ2) is 17.4. The van der Waals surface area contributed by atoms with Crippen molar-refractivity contribution in [2.45, 2.75) is 0 Å². The van der Waals surface area contributed by atoms with Crippen LogP contribution in [-0.4, -0.2) is 4.40 Å². The van der Waals surface area contributed by atoms with Crippen LogP contribution in [0.3, 0.4) is 0 Å². The van der Waals surface area contributed by atoms with Crippen LogP contribution in [0.25, 0.3) is 122 Å². The van der Waals surface area contributed by atoms with E-state index >= 15 is 0 Å². The maximum absolute atomic E-state index is 2.54. The van der Waals surface area contributed by atoms with Gasteiger partial charge < -0.3 is 14.2 Å². The van der Waals surface area contributed by atoms with Gasteiger partial charge in [0.25, 0.3) is 0 Å². The van der Waals surface area contributed by atoms with Gasteiger partial charge in [0.1, 0.15) is 0 Å². The molecule has 0 aliphatic rings. The molecule has 5 heteroatoms. The smallest absolute Gasteiger partial charge is 0.0640 e. The molecule has 3 nitrogen and oxygen atoms in total. The summed E-state index contributed by atoms with van der Waals surface area (Å²) in [5, 5.41) is 15.2. The first-order chi connectivity index (χ1) is 39.1. The van der Waals surface area contributed by atoms with E-state index in [0.29, 0.717) is 0 Å². The molecule has 0 saturated heterocycles. The second-order valence-corrected chi connectivity index (χ2v) is 23.0. The largest absolute Gasteiger partial charge is 0.309 e. The van der Waals surface area contributed by atoms with Crippen molar-refractivity contribution in [3.63, 3.8) is 0 Å². The monoisotopic (exact) mass is 1040 g/mol. The van der Waals surface area contributed by atoms with Crippen molar-refractivity contribution in [3.05, 3.63) is 273 Å². The lowest BCUT2D eigenvalue weighted by molar-refractivity contribution is 1.30. The molecule has 13 aromatic carbocycles. The summed E-state index contributed by atoms with van der Waals surface area (Å²) in [4.78, 5) is 4.85. The minimum atomic E-state index is 1.12. The third-order valence-corrected chi connectivity index (χ3v) is 18.8. The van der Waals surface area contributed by atoms with Crippen LogP contribution in [0.5, 0.6) is 0 Å². The van der Waals surface area contributed by atoms with E-state index in [1.165, 1.54) is 134 Å². The molecule has 4 aromatic heterocycles. The number of rotatable bonds is 8. The molecule has 79 heavy (non-hydrogen) atoms. The number of thiophene rings is 2. The predicted octanol–water partition coefficient (Wildman–Crippen LogP) is 22.2. The number of para-hydroxylation sites is 3. The topological polar surface area (TPSA) is 10.9 Å². The lowest BCUT2D eigenvalue weighted by Gasteiger charge is -2.26. The number of aromatic nitrogens is 1. The van der Waals surface area contributed by atoms with Crippen LogP contribution >= 0.6 is 22.7 Å². The van der Waals surface area contributed by atoms with Gasteiger partial charge in [-0.05, 0) is 153 Å². The SMILES string of the molecule is c1ccc(N(c2cccc(-c3ccc4cc5c6cccc7c8cc9ccc(-c%10cccc(N(c%11ccccc%11)c%11cccc%12c%11sc%11ccccc%11%12)c%10)cc9cc8n(c5cc4c3)c67)c2)c2cccc3c2sc2ccccc23)cc1. The molecular weight excluding hydrogens is 995 g/mol. The minimum Gasteiger partial charge on any atom is -0.309 e. The fourth-order valence-corrected chi connectivity index (χ4v) is 15.2. The average molecular weight is 1040 g/mol. The Morgan fingerprint density at radius 1 is 0.253 bits per heavy atom. The first-order valence-electron chi connectivity index (χ1n) is 27.0. The van der Waals surface area contributed by atoms with Gasteiger partial charge in [0, 0.05) is 75.2 Å². The lowest BCUT2D eigenvalue weighted by Crippen LogP contribution is -2.10. The second-order valence-electron chi connectivity index (χ2n) is 20.8. The highest BCUT2D eigenvalue weighted by Gasteiger charge is 2.23. The van der Waals surface area contributed by atoms with Crippen LogP contribution in [-0.2, 0) is 0 Å². The lowest BCUT2D eigenvalue weighted by atomic mass is 9.98. The minimum absolute atomic E-state index is 1.12. The van der Waals surface area contributed by atoms with Gasteiger partial charge in [-0.25, -0.2) is 0 Å². The van der Waals surface area contributed by atoms with Gasteiger partial charge in [-0.2, -0.15) is 0 Å². The zero-order valence-corrected chi connectivity index (χ0v) is 44.3. The number of nitrogens with zero attached hydrogens (tertiary/aromatic N) is 3. The maximum Gasteiger partial charge on any atom is 0.0640 e. The molecular formula is C74H45N3S2. The molecule has 0 N–H and O–H groups in total. The Morgan fingerprint density at radius 2 is 0.646 bits per heavy atom. The first kappa shape index (κ1) is 44.4. The summed E-state index contributed by atoms with van der Waals surface area (Å²) >= 11 is 3.74. The molecule has 17 aromatic rings. The third kappa shape index (κ3) is 6.90. The van der Waals surface area contributed by atoms with E-state index in [0.717, 1.165) is 22.7 Å². The predicted molar refractivity (Wildman–Crippen MR) is 342 cm³/mol. The summed E-state index contributed by atoms with van der Waals surface area (Å²) in [6, 6.07) is 101. The van der Waals surface area contributed by atoms with Crippen molar-refractivity contribution >= 4 is 157 Å². The highest BCUT2D eigenvalue weighted by molar-refractivity contribution is 7.26. The fraction of sp³-hybridized carbons (Fsp3) is 0. The van der Waals surface area contributed by atoms with Crippen LogP contribution in [0.15, 0.2) is 273 Å². The van der Waals surface area contributed by atoms with Gasteiger partial charge in [0.2, 0.25) is 0 Å². The Labute approximate surface area is 463 Å². The van der Waals surface area contributed by atoms with Gasteiger partial charge in [0.05, 0.1) is 37.3 Å². The highest BCUT2D eigenvalue weighted by Crippen LogP contribution is 2.48. The van der Waals surface area contributed by atoms with Gasteiger partial charge in [-0.15, -0.1) is 22.7 Å². The molecule has 0 radical (unpaired) electrons. The summed E-state index contributed by atoms with van der Waals surface area (Å²) in [5.41, 5.74) is 15.3. The van der Waals surface area contributed by atoms with E-state index in [4.69, 9.17) is 0 Å². The summed E-state index contributed by atoms with van der Waals surface area (Å²) in [6.45, 7) is 0. The molecule has 0 bridgehead atoms. The summed E-state index contributed by atoms with van der Waals surface area (Å²) in [7, 11) is 0. The standard InChI is InChI=1S/C74H45N3S2/c1-3-18-54(19-4-1)75(66-30-14-28-62-58-24-7-9-32-70(58)78-73(62)66)56-22-11-16-46(40-56)48-34-36-50-42-64-60-26-13-27-61-65-43-51-37-35-49(39-53(51)45-69(65)77(72(60)61)68(64)44-52(50)38-48)47-17-12-23-57(41-47)76(55-20-5-2-6-21-55)67-31-15-29-63-59-25-8-10-33-71(59)79-74(63)67/h1-45H. The number of benzene rings is 13. The molecule has 0 amide bonds. The summed E-state index contributed by atoms with van der Waals surface area (Å²) in [6.07, 6.45) is 0. The van der Waals surface area contributed by atoms with E-state index in [2.05, 4.69) is 287 Å². The number of hydrogen-bond donors (Lipinski definition) is 0. The average Bonchev–Trinajstić information content (AvgIpc) is 4.03. The van der Waals surface area contributed by atoms with Crippen molar-refractivity contribution in [2.24, 2.45) is 0 Å². The number of anilines is 6. The van der Waals surface area contributed by atoms with E-state index in [1.54, 1.807) is 0 Å². The summed E-state index contributed by atoms with van der Waals surface area (Å²) < 4.78 is 7.71. The Morgan fingerprint density at radius 3 is 1.14 bits per heavy atom. The van der Waals surface area contributed by atoms with Crippen molar-refractivity contribution in [1.82, 2.24) is 4.40 Å². The fourth-order valence-electron chi connectivity index (χ4n) is 12.8. The molecule has 0 fully saturated rings. The van der Waals surface area contributed by atoms with Crippen molar-refractivity contribution in [3.8, 4) is 22.3 Å². The van der Waals surface area contributed by atoms with Crippen LogP contribution in [0.1, 0.15) is 0 Å².